The third-order valence-corrected chi connectivity index (χ3v) is 4.06. The molecule has 2 atom stereocenters. The molecule has 2 saturated heterocycles. The average Bonchev–Trinajstić information content (AvgIpc) is 2.83. The van der Waals surface area contributed by atoms with E-state index in [1.165, 1.54) is 25.7 Å². The van der Waals surface area contributed by atoms with E-state index in [1.807, 2.05) is 11.8 Å². The van der Waals surface area contributed by atoms with E-state index in [0.29, 0.717) is 6.10 Å². The summed E-state index contributed by atoms with van der Waals surface area (Å²) >= 11 is 1.93. The Balaban J connectivity index is 1.42. The van der Waals surface area contributed by atoms with Gasteiger partial charge in [0.15, 0.2) is 6.29 Å². The Hall–Kier alpha value is 0.230. The van der Waals surface area contributed by atoms with E-state index >= 15 is 0 Å². The highest BCUT2D eigenvalue weighted by molar-refractivity contribution is 7.99. The van der Waals surface area contributed by atoms with Crippen LogP contribution >= 0.6 is 11.8 Å². The second-order valence-corrected chi connectivity index (χ2v) is 5.53. The molecule has 0 spiro atoms. The quantitative estimate of drug-likeness (QED) is 0.673. The molecule has 2 rings (SSSR count). The van der Waals surface area contributed by atoms with Gasteiger partial charge in [-0.05, 0) is 32.1 Å². The fourth-order valence-electron chi connectivity index (χ4n) is 2.07. The van der Waals surface area contributed by atoms with Crippen LogP contribution < -0.4 is 0 Å². The van der Waals surface area contributed by atoms with Gasteiger partial charge in [0, 0.05) is 24.7 Å². The highest BCUT2D eigenvalue weighted by atomic mass is 32.2. The summed E-state index contributed by atoms with van der Waals surface area (Å²) < 4.78 is 16.7. The van der Waals surface area contributed by atoms with Crippen molar-refractivity contribution < 1.29 is 14.2 Å². The molecule has 0 aromatic carbocycles. The van der Waals surface area contributed by atoms with Gasteiger partial charge < -0.3 is 14.2 Å². The van der Waals surface area contributed by atoms with E-state index in [0.717, 1.165) is 37.7 Å². The molecule has 2 fully saturated rings. The Bertz CT molecular complexity index is 177. The van der Waals surface area contributed by atoms with Gasteiger partial charge in [0.2, 0.25) is 0 Å². The summed E-state index contributed by atoms with van der Waals surface area (Å²) in [6.45, 7) is 2.63. The van der Waals surface area contributed by atoms with Crippen molar-refractivity contribution in [3.63, 3.8) is 0 Å². The third kappa shape index (κ3) is 4.62. The van der Waals surface area contributed by atoms with Gasteiger partial charge in [0.25, 0.3) is 0 Å². The lowest BCUT2D eigenvalue weighted by Gasteiger charge is -2.22. The molecule has 0 aliphatic carbocycles. The summed E-state index contributed by atoms with van der Waals surface area (Å²) in [5.41, 5.74) is 0. The van der Waals surface area contributed by atoms with Gasteiger partial charge >= 0.3 is 0 Å². The molecule has 0 amide bonds. The number of hydrogen-bond acceptors (Lipinski definition) is 4. The zero-order valence-electron chi connectivity index (χ0n) is 9.86. The van der Waals surface area contributed by atoms with Crippen LogP contribution in [0.5, 0.6) is 0 Å². The largest absolute Gasteiger partial charge is 0.377 e. The molecule has 0 N–H and O–H groups in total. The van der Waals surface area contributed by atoms with E-state index in [-0.39, 0.29) is 6.29 Å². The van der Waals surface area contributed by atoms with Gasteiger partial charge in [-0.1, -0.05) is 0 Å². The molecule has 3 nitrogen and oxygen atoms in total. The van der Waals surface area contributed by atoms with Crippen LogP contribution in [-0.4, -0.2) is 43.7 Å². The Labute approximate surface area is 102 Å². The monoisotopic (exact) mass is 246 g/mol. The maximum absolute atomic E-state index is 5.66. The average molecular weight is 246 g/mol. The summed E-state index contributed by atoms with van der Waals surface area (Å²) in [7, 11) is 0. The Morgan fingerprint density at radius 3 is 2.75 bits per heavy atom. The van der Waals surface area contributed by atoms with Gasteiger partial charge in [-0.15, -0.1) is 0 Å². The lowest BCUT2D eigenvalue weighted by molar-refractivity contribution is -0.158. The highest BCUT2D eigenvalue weighted by Gasteiger charge is 2.16. The third-order valence-electron chi connectivity index (χ3n) is 3.00. The topological polar surface area (TPSA) is 27.7 Å². The van der Waals surface area contributed by atoms with Crippen molar-refractivity contribution >= 4 is 11.8 Å². The molecular weight excluding hydrogens is 224 g/mol. The Kier molecular flexibility index (Phi) is 5.97. The molecule has 2 aliphatic heterocycles. The molecule has 16 heavy (non-hydrogen) atoms. The van der Waals surface area contributed by atoms with E-state index in [2.05, 4.69) is 0 Å². The SMILES string of the molecule is C1CC[C@@H](OCCSC[C@H]2CCCO2)OC1. The second kappa shape index (κ2) is 7.54. The van der Waals surface area contributed by atoms with E-state index in [4.69, 9.17) is 14.2 Å². The molecule has 0 aromatic rings. The molecule has 94 valence electrons. The van der Waals surface area contributed by atoms with Crippen LogP contribution in [0, 0.1) is 0 Å². The highest BCUT2D eigenvalue weighted by Crippen LogP contribution is 2.18. The first-order valence-electron chi connectivity index (χ1n) is 6.38. The molecule has 2 heterocycles. The Morgan fingerprint density at radius 1 is 1.06 bits per heavy atom. The van der Waals surface area contributed by atoms with Crippen molar-refractivity contribution in [2.45, 2.75) is 44.5 Å². The molecule has 0 aromatic heterocycles. The van der Waals surface area contributed by atoms with Crippen LogP contribution in [0.2, 0.25) is 0 Å². The van der Waals surface area contributed by atoms with Gasteiger partial charge in [-0.25, -0.2) is 0 Å². The predicted molar refractivity (Wildman–Crippen MR) is 65.8 cm³/mol. The fraction of sp³-hybridized carbons (Fsp3) is 1.00. The first-order valence-corrected chi connectivity index (χ1v) is 7.53. The maximum Gasteiger partial charge on any atom is 0.157 e. The van der Waals surface area contributed by atoms with Crippen LogP contribution in [0.15, 0.2) is 0 Å². The lowest BCUT2D eigenvalue weighted by atomic mass is 10.2. The minimum absolute atomic E-state index is 0.0667. The molecule has 0 unspecified atom stereocenters. The minimum atomic E-state index is 0.0667. The van der Waals surface area contributed by atoms with Crippen molar-refractivity contribution in [2.75, 3.05) is 31.3 Å². The second-order valence-electron chi connectivity index (χ2n) is 4.38. The van der Waals surface area contributed by atoms with Crippen molar-refractivity contribution in [3.8, 4) is 0 Å². The number of thioether (sulfide) groups is 1. The lowest BCUT2D eigenvalue weighted by Crippen LogP contribution is -2.23. The number of hydrogen-bond donors (Lipinski definition) is 0. The normalized spacial score (nSPS) is 30.8. The first kappa shape index (κ1) is 12.7. The Morgan fingerprint density at radius 2 is 2.00 bits per heavy atom. The van der Waals surface area contributed by atoms with Gasteiger partial charge in [0.05, 0.1) is 12.7 Å². The smallest absolute Gasteiger partial charge is 0.157 e. The molecule has 0 saturated carbocycles. The van der Waals surface area contributed by atoms with Gasteiger partial charge in [-0.2, -0.15) is 11.8 Å². The zero-order valence-corrected chi connectivity index (χ0v) is 10.7. The first-order chi connectivity index (χ1) is 7.95. The zero-order chi connectivity index (χ0) is 11.1. The van der Waals surface area contributed by atoms with Gasteiger partial charge in [-0.3, -0.25) is 0 Å². The molecular formula is C12H22O3S. The van der Waals surface area contributed by atoms with Crippen LogP contribution in [0.25, 0.3) is 0 Å². The summed E-state index contributed by atoms with van der Waals surface area (Å²) in [5, 5.41) is 0. The predicted octanol–water partition coefficient (Wildman–Crippen LogP) is 2.44. The molecule has 0 bridgehead atoms. The summed E-state index contributed by atoms with van der Waals surface area (Å²) in [5.74, 6) is 2.18. The summed E-state index contributed by atoms with van der Waals surface area (Å²) in [4.78, 5) is 0. The van der Waals surface area contributed by atoms with E-state index < -0.39 is 0 Å². The number of ether oxygens (including phenoxy) is 3. The van der Waals surface area contributed by atoms with Crippen molar-refractivity contribution in [1.29, 1.82) is 0 Å². The maximum atomic E-state index is 5.66. The van der Waals surface area contributed by atoms with Crippen molar-refractivity contribution in [3.05, 3.63) is 0 Å². The molecule has 2 aliphatic rings. The summed E-state index contributed by atoms with van der Waals surface area (Å²) in [6.07, 6.45) is 6.53. The molecule has 4 heteroatoms. The van der Waals surface area contributed by atoms with Crippen LogP contribution in [-0.2, 0) is 14.2 Å². The van der Waals surface area contributed by atoms with Crippen molar-refractivity contribution in [1.82, 2.24) is 0 Å². The van der Waals surface area contributed by atoms with E-state index in [1.54, 1.807) is 0 Å². The molecule has 0 radical (unpaired) electrons. The van der Waals surface area contributed by atoms with Gasteiger partial charge in [0.1, 0.15) is 0 Å². The van der Waals surface area contributed by atoms with Crippen LogP contribution in [0.3, 0.4) is 0 Å². The minimum Gasteiger partial charge on any atom is -0.377 e. The van der Waals surface area contributed by atoms with Crippen LogP contribution in [0.4, 0.5) is 0 Å². The summed E-state index contributed by atoms with van der Waals surface area (Å²) in [6, 6.07) is 0. The van der Waals surface area contributed by atoms with Crippen LogP contribution in [0.1, 0.15) is 32.1 Å². The van der Waals surface area contributed by atoms with E-state index in [9.17, 15) is 0 Å². The standard InChI is InChI=1S/C12H22O3S/c1-2-6-14-12(5-1)15-8-9-16-10-11-4-3-7-13-11/h11-12H,1-10H2/t11-,12-/m1/s1. The fourth-order valence-corrected chi connectivity index (χ4v) is 2.98. The van der Waals surface area contributed by atoms with Crippen molar-refractivity contribution in [2.24, 2.45) is 0 Å². The number of rotatable bonds is 6.